The van der Waals surface area contributed by atoms with Crippen LogP contribution < -0.4 is 9.47 Å². The number of aromatic nitrogens is 2. The molecule has 3 aromatic rings. The first-order chi connectivity index (χ1) is 13.7. The van der Waals surface area contributed by atoms with Gasteiger partial charge in [-0.1, -0.05) is 30.3 Å². The second-order valence-electron chi connectivity index (χ2n) is 6.88. The Morgan fingerprint density at radius 2 is 2.14 bits per heavy atom. The van der Waals surface area contributed by atoms with E-state index in [0.717, 1.165) is 22.6 Å². The minimum Gasteiger partial charge on any atom is -0.497 e. The van der Waals surface area contributed by atoms with Crippen molar-refractivity contribution in [3.8, 4) is 11.5 Å². The first-order valence-corrected chi connectivity index (χ1v) is 9.32. The molecule has 1 unspecified atom stereocenters. The monoisotopic (exact) mass is 377 g/mol. The van der Waals surface area contributed by atoms with Gasteiger partial charge in [-0.2, -0.15) is 0 Å². The summed E-state index contributed by atoms with van der Waals surface area (Å²) >= 11 is 0. The molecule has 6 heteroatoms. The lowest BCUT2D eigenvalue weighted by Crippen LogP contribution is -2.44. The maximum Gasteiger partial charge on any atom is 0.227 e. The normalized spacial score (nSPS) is 16.0. The van der Waals surface area contributed by atoms with Crippen LogP contribution in [-0.4, -0.2) is 40.1 Å². The van der Waals surface area contributed by atoms with Crippen molar-refractivity contribution in [1.29, 1.82) is 0 Å². The Kier molecular flexibility index (Phi) is 5.28. The molecule has 1 atom stereocenters. The fourth-order valence-corrected chi connectivity index (χ4v) is 3.50. The van der Waals surface area contributed by atoms with Crippen molar-refractivity contribution in [3.63, 3.8) is 0 Å². The summed E-state index contributed by atoms with van der Waals surface area (Å²) in [6.07, 6.45) is 5.74. The quantitative estimate of drug-likeness (QED) is 0.686. The zero-order valence-corrected chi connectivity index (χ0v) is 15.8. The highest BCUT2D eigenvalue weighted by molar-refractivity contribution is 5.79. The molecule has 0 spiro atoms. The van der Waals surface area contributed by atoms with E-state index in [1.807, 2.05) is 64.2 Å². The Morgan fingerprint density at radius 3 is 2.96 bits per heavy atom. The summed E-state index contributed by atoms with van der Waals surface area (Å²) in [5.74, 6) is 1.67. The molecule has 1 amide bonds. The number of methoxy groups -OCH3 is 1. The molecule has 28 heavy (non-hydrogen) atoms. The number of imidazole rings is 1. The average molecular weight is 377 g/mol. The van der Waals surface area contributed by atoms with Gasteiger partial charge in [-0.15, -0.1) is 0 Å². The van der Waals surface area contributed by atoms with Crippen LogP contribution in [0.5, 0.6) is 11.5 Å². The van der Waals surface area contributed by atoms with E-state index in [1.54, 1.807) is 19.6 Å². The van der Waals surface area contributed by atoms with Crippen LogP contribution in [0.3, 0.4) is 0 Å². The molecule has 0 bridgehead atoms. The number of hydrogen-bond acceptors (Lipinski definition) is 4. The third kappa shape index (κ3) is 4.01. The van der Waals surface area contributed by atoms with Crippen molar-refractivity contribution in [1.82, 2.24) is 14.5 Å². The third-order valence-electron chi connectivity index (χ3n) is 4.98. The molecule has 0 saturated heterocycles. The van der Waals surface area contributed by atoms with Gasteiger partial charge < -0.3 is 18.9 Å². The van der Waals surface area contributed by atoms with E-state index in [0.29, 0.717) is 26.1 Å². The lowest BCUT2D eigenvalue weighted by Gasteiger charge is -2.29. The number of hydrogen-bond donors (Lipinski definition) is 0. The van der Waals surface area contributed by atoms with Crippen molar-refractivity contribution < 1.29 is 14.3 Å². The summed E-state index contributed by atoms with van der Waals surface area (Å²) < 4.78 is 13.3. The Labute approximate surface area is 164 Å². The number of ether oxygens (including phenoxy) is 2. The van der Waals surface area contributed by atoms with Gasteiger partial charge in [0.2, 0.25) is 5.91 Å². The molecular formula is C22H23N3O3. The van der Waals surface area contributed by atoms with E-state index >= 15 is 0 Å². The first-order valence-electron chi connectivity index (χ1n) is 9.32. The highest BCUT2D eigenvalue weighted by Crippen LogP contribution is 2.26. The highest BCUT2D eigenvalue weighted by atomic mass is 16.5. The van der Waals surface area contributed by atoms with Crippen LogP contribution >= 0.6 is 0 Å². The molecule has 2 heterocycles. The van der Waals surface area contributed by atoms with Gasteiger partial charge in [-0.05, 0) is 23.8 Å². The molecule has 0 radical (unpaired) electrons. The smallest absolute Gasteiger partial charge is 0.227 e. The number of carbonyl (C=O) groups excluding carboxylic acids is 1. The number of benzene rings is 2. The predicted octanol–water partition coefficient (Wildman–Crippen LogP) is 2.92. The minimum atomic E-state index is -0.0836. The van der Waals surface area contributed by atoms with Gasteiger partial charge in [0, 0.05) is 31.0 Å². The molecule has 0 aliphatic carbocycles. The maximum absolute atomic E-state index is 13.3. The fourth-order valence-electron chi connectivity index (χ4n) is 3.50. The lowest BCUT2D eigenvalue weighted by molar-refractivity contribution is -0.134. The second kappa shape index (κ2) is 8.17. The van der Waals surface area contributed by atoms with Crippen molar-refractivity contribution in [2.75, 3.05) is 13.7 Å². The van der Waals surface area contributed by atoms with Gasteiger partial charge in [-0.25, -0.2) is 4.98 Å². The third-order valence-corrected chi connectivity index (χ3v) is 4.98. The Bertz CT molecular complexity index is 940. The predicted molar refractivity (Wildman–Crippen MR) is 105 cm³/mol. The summed E-state index contributed by atoms with van der Waals surface area (Å²) in [6, 6.07) is 15.5. The second-order valence-corrected chi connectivity index (χ2v) is 6.88. The summed E-state index contributed by atoms with van der Waals surface area (Å²) in [7, 11) is 1.63. The molecular weight excluding hydrogens is 354 g/mol. The number of para-hydroxylation sites is 1. The van der Waals surface area contributed by atoms with E-state index in [2.05, 4.69) is 4.98 Å². The number of carbonyl (C=O) groups is 1. The molecule has 0 saturated carbocycles. The summed E-state index contributed by atoms with van der Waals surface area (Å²) in [5.41, 5.74) is 1.96. The van der Waals surface area contributed by atoms with Crippen LogP contribution in [0.25, 0.3) is 0 Å². The molecule has 6 nitrogen and oxygen atoms in total. The van der Waals surface area contributed by atoms with Gasteiger partial charge >= 0.3 is 0 Å². The van der Waals surface area contributed by atoms with E-state index in [-0.39, 0.29) is 11.9 Å². The average Bonchev–Trinajstić information content (AvgIpc) is 3.16. The van der Waals surface area contributed by atoms with Crippen LogP contribution in [0.15, 0.2) is 67.3 Å². The van der Waals surface area contributed by atoms with Gasteiger partial charge in [0.15, 0.2) is 0 Å². The minimum absolute atomic E-state index is 0.0682. The van der Waals surface area contributed by atoms with Crippen molar-refractivity contribution in [2.24, 2.45) is 0 Å². The van der Waals surface area contributed by atoms with Gasteiger partial charge in [0.1, 0.15) is 18.1 Å². The topological polar surface area (TPSA) is 56.6 Å². The van der Waals surface area contributed by atoms with E-state index < -0.39 is 0 Å². The molecule has 4 rings (SSSR count). The van der Waals surface area contributed by atoms with Crippen molar-refractivity contribution in [3.05, 3.63) is 78.4 Å². The Balaban J connectivity index is 1.59. The summed E-state index contributed by atoms with van der Waals surface area (Å²) in [4.78, 5) is 19.3. The zero-order valence-electron chi connectivity index (χ0n) is 15.8. The lowest BCUT2D eigenvalue weighted by atomic mass is 10.1. The van der Waals surface area contributed by atoms with E-state index in [4.69, 9.17) is 9.47 Å². The van der Waals surface area contributed by atoms with Crippen LogP contribution in [-0.2, 0) is 24.3 Å². The highest BCUT2D eigenvalue weighted by Gasteiger charge is 2.29. The number of fused-ring (bicyclic) bond motifs is 1. The summed E-state index contributed by atoms with van der Waals surface area (Å²) in [6.45, 7) is 1.61. The number of nitrogens with zero attached hydrogens (tertiary/aromatic N) is 3. The van der Waals surface area contributed by atoms with Crippen molar-refractivity contribution in [2.45, 2.75) is 25.6 Å². The van der Waals surface area contributed by atoms with Crippen LogP contribution in [0.1, 0.15) is 11.1 Å². The SMILES string of the molecule is COc1cccc(CC(=O)N2Cc3ccccc3OCC2Cn2ccnc2)c1. The molecule has 1 aliphatic heterocycles. The molecule has 0 fully saturated rings. The van der Waals surface area contributed by atoms with Crippen LogP contribution in [0, 0.1) is 0 Å². The van der Waals surface area contributed by atoms with E-state index in [1.165, 1.54) is 0 Å². The Morgan fingerprint density at radius 1 is 1.25 bits per heavy atom. The van der Waals surface area contributed by atoms with Crippen LogP contribution in [0.4, 0.5) is 0 Å². The number of amides is 1. The largest absolute Gasteiger partial charge is 0.497 e. The van der Waals surface area contributed by atoms with Gasteiger partial charge in [0.25, 0.3) is 0 Å². The van der Waals surface area contributed by atoms with Crippen LogP contribution in [0.2, 0.25) is 0 Å². The molecule has 1 aliphatic rings. The maximum atomic E-state index is 13.3. The first kappa shape index (κ1) is 18.1. The van der Waals surface area contributed by atoms with E-state index in [9.17, 15) is 4.79 Å². The summed E-state index contributed by atoms with van der Waals surface area (Å²) in [5, 5.41) is 0. The molecule has 2 aromatic carbocycles. The molecule has 0 N–H and O–H groups in total. The zero-order chi connectivity index (χ0) is 19.3. The standard InChI is InChI=1S/C22H23N3O3/c1-27-20-7-4-5-17(11-20)12-22(26)25-13-18-6-2-3-8-21(18)28-15-19(25)14-24-10-9-23-16-24/h2-11,16,19H,12-15H2,1H3. The Hall–Kier alpha value is -3.28. The molecule has 1 aromatic heterocycles. The number of rotatable bonds is 5. The fraction of sp³-hybridized carbons (Fsp3) is 0.273. The van der Waals surface area contributed by atoms with Gasteiger partial charge in [0.05, 0.1) is 25.9 Å². The van der Waals surface area contributed by atoms with Crippen molar-refractivity contribution >= 4 is 5.91 Å². The molecule has 144 valence electrons. The van der Waals surface area contributed by atoms with Gasteiger partial charge in [-0.3, -0.25) is 4.79 Å².